The summed E-state index contributed by atoms with van der Waals surface area (Å²) in [7, 11) is 1.59. The van der Waals surface area contributed by atoms with Crippen LogP contribution in [0, 0.1) is 5.82 Å². The molecule has 0 aliphatic rings. The van der Waals surface area contributed by atoms with Gasteiger partial charge in [0.2, 0.25) is 0 Å². The van der Waals surface area contributed by atoms with Gasteiger partial charge in [-0.25, -0.2) is 4.39 Å². The third kappa shape index (κ3) is 3.87. The number of alkyl halides is 1. The van der Waals surface area contributed by atoms with Gasteiger partial charge in [0, 0.05) is 16.1 Å². The molecule has 20 heavy (non-hydrogen) atoms. The fraction of sp³-hybridized carbons (Fsp3) is 0.200. The molecule has 0 radical (unpaired) electrons. The summed E-state index contributed by atoms with van der Waals surface area (Å²) in [5.74, 6) is 1.36. The zero-order chi connectivity index (χ0) is 14.5. The number of ether oxygens (including phenoxy) is 2. The van der Waals surface area contributed by atoms with E-state index in [1.54, 1.807) is 13.2 Å². The first-order valence-electron chi connectivity index (χ1n) is 5.93. The Morgan fingerprint density at radius 1 is 1.20 bits per heavy atom. The van der Waals surface area contributed by atoms with Gasteiger partial charge in [-0.3, -0.25) is 0 Å². The van der Waals surface area contributed by atoms with E-state index in [4.69, 9.17) is 21.1 Å². The van der Waals surface area contributed by atoms with Crippen molar-refractivity contribution in [2.45, 2.75) is 12.5 Å². The Morgan fingerprint density at radius 3 is 2.65 bits per heavy atom. The molecule has 2 aromatic rings. The van der Waals surface area contributed by atoms with Crippen molar-refractivity contribution in [1.82, 2.24) is 0 Å². The monoisotopic (exact) mass is 358 g/mol. The van der Waals surface area contributed by atoms with E-state index in [9.17, 15) is 4.39 Å². The summed E-state index contributed by atoms with van der Waals surface area (Å²) in [6.45, 7) is 0.257. The maximum atomic E-state index is 13.3. The topological polar surface area (TPSA) is 18.5 Å². The van der Waals surface area contributed by atoms with Crippen LogP contribution in [0.1, 0.15) is 11.1 Å². The third-order valence-electron chi connectivity index (χ3n) is 2.73. The fourth-order valence-electron chi connectivity index (χ4n) is 1.76. The number of benzene rings is 2. The van der Waals surface area contributed by atoms with Crippen molar-refractivity contribution in [1.29, 1.82) is 0 Å². The van der Waals surface area contributed by atoms with Crippen LogP contribution in [0.15, 0.2) is 40.9 Å². The molecule has 0 saturated carbocycles. The van der Waals surface area contributed by atoms with Crippen molar-refractivity contribution < 1.29 is 13.9 Å². The second-order valence-electron chi connectivity index (χ2n) is 4.17. The molecule has 0 heterocycles. The molecule has 2 nitrogen and oxygen atoms in total. The molecule has 5 heteroatoms. The molecule has 0 aliphatic heterocycles. The SMILES string of the molecule is COc1ccc(CCl)c(OCc2cc(F)cc(Br)c2)c1. The van der Waals surface area contributed by atoms with Crippen molar-refractivity contribution in [3.05, 3.63) is 57.8 Å². The van der Waals surface area contributed by atoms with Crippen molar-refractivity contribution in [3.8, 4) is 11.5 Å². The van der Waals surface area contributed by atoms with Crippen LogP contribution in [0.25, 0.3) is 0 Å². The molecular formula is C15H13BrClFO2. The van der Waals surface area contributed by atoms with Crippen LogP contribution in [0.5, 0.6) is 11.5 Å². The first-order valence-corrected chi connectivity index (χ1v) is 7.26. The zero-order valence-electron chi connectivity index (χ0n) is 10.8. The average Bonchev–Trinajstić information content (AvgIpc) is 2.43. The molecule has 0 bridgehead atoms. The molecule has 0 aliphatic carbocycles. The number of hydrogen-bond donors (Lipinski definition) is 0. The van der Waals surface area contributed by atoms with Gasteiger partial charge in [-0.2, -0.15) is 0 Å². The summed E-state index contributed by atoms with van der Waals surface area (Å²) in [5.41, 5.74) is 1.60. The number of methoxy groups -OCH3 is 1. The quantitative estimate of drug-likeness (QED) is 0.706. The molecule has 0 atom stereocenters. The predicted octanol–water partition coefficient (Wildman–Crippen LogP) is 4.91. The van der Waals surface area contributed by atoms with Crippen molar-refractivity contribution in [2.24, 2.45) is 0 Å². The maximum absolute atomic E-state index is 13.3. The van der Waals surface area contributed by atoms with Gasteiger partial charge in [0.1, 0.15) is 23.9 Å². The van der Waals surface area contributed by atoms with Gasteiger partial charge in [-0.1, -0.05) is 22.0 Å². The number of hydrogen-bond acceptors (Lipinski definition) is 2. The first kappa shape index (κ1) is 15.1. The summed E-state index contributed by atoms with van der Waals surface area (Å²) in [4.78, 5) is 0. The average molecular weight is 360 g/mol. The van der Waals surface area contributed by atoms with E-state index in [2.05, 4.69) is 15.9 Å². The van der Waals surface area contributed by atoms with Crippen molar-refractivity contribution in [3.63, 3.8) is 0 Å². The van der Waals surface area contributed by atoms with E-state index in [0.29, 0.717) is 21.9 Å². The molecule has 0 amide bonds. The Balaban J connectivity index is 2.17. The van der Waals surface area contributed by atoms with Gasteiger partial charge in [0.25, 0.3) is 0 Å². The molecule has 0 spiro atoms. The molecule has 106 valence electrons. The Bertz CT molecular complexity index is 584. The molecule has 2 aromatic carbocycles. The highest BCUT2D eigenvalue weighted by molar-refractivity contribution is 9.10. The van der Waals surface area contributed by atoms with Crippen molar-refractivity contribution in [2.75, 3.05) is 7.11 Å². The summed E-state index contributed by atoms with van der Waals surface area (Å²) in [6, 6.07) is 10.1. The molecule has 0 aromatic heterocycles. The molecule has 2 rings (SSSR count). The van der Waals surface area contributed by atoms with Crippen LogP contribution in [-0.2, 0) is 12.5 Å². The second-order valence-corrected chi connectivity index (χ2v) is 5.36. The minimum Gasteiger partial charge on any atom is -0.497 e. The number of halogens is 3. The Morgan fingerprint density at radius 2 is 2.00 bits per heavy atom. The van der Waals surface area contributed by atoms with Crippen LogP contribution in [0.2, 0.25) is 0 Å². The van der Waals surface area contributed by atoms with Crippen LogP contribution in [0.4, 0.5) is 4.39 Å². The number of rotatable bonds is 5. The fourth-order valence-corrected chi connectivity index (χ4v) is 2.50. The van der Waals surface area contributed by atoms with Crippen molar-refractivity contribution >= 4 is 27.5 Å². The van der Waals surface area contributed by atoms with E-state index in [1.807, 2.05) is 18.2 Å². The van der Waals surface area contributed by atoms with Gasteiger partial charge < -0.3 is 9.47 Å². The highest BCUT2D eigenvalue weighted by Gasteiger charge is 2.06. The van der Waals surface area contributed by atoms with Gasteiger partial charge in [0.15, 0.2) is 0 Å². The third-order valence-corrected chi connectivity index (χ3v) is 3.48. The lowest BCUT2D eigenvalue weighted by atomic mass is 10.2. The van der Waals surface area contributed by atoms with E-state index in [1.165, 1.54) is 12.1 Å². The summed E-state index contributed by atoms with van der Waals surface area (Å²) in [6.07, 6.45) is 0. The Labute approximate surface area is 130 Å². The van der Waals surface area contributed by atoms with E-state index in [0.717, 1.165) is 11.1 Å². The van der Waals surface area contributed by atoms with E-state index >= 15 is 0 Å². The van der Waals surface area contributed by atoms with E-state index < -0.39 is 0 Å². The molecule has 0 saturated heterocycles. The van der Waals surface area contributed by atoms with Gasteiger partial charge >= 0.3 is 0 Å². The maximum Gasteiger partial charge on any atom is 0.127 e. The van der Waals surface area contributed by atoms with E-state index in [-0.39, 0.29) is 12.4 Å². The first-order chi connectivity index (χ1) is 9.62. The summed E-state index contributed by atoms with van der Waals surface area (Å²) < 4.78 is 24.8. The molecule has 0 N–H and O–H groups in total. The van der Waals surface area contributed by atoms with Gasteiger partial charge in [-0.15, -0.1) is 11.6 Å². The van der Waals surface area contributed by atoms with Crippen LogP contribution < -0.4 is 9.47 Å². The highest BCUT2D eigenvalue weighted by Crippen LogP contribution is 2.27. The lowest BCUT2D eigenvalue weighted by Gasteiger charge is -2.12. The minimum absolute atomic E-state index is 0.257. The smallest absolute Gasteiger partial charge is 0.127 e. The van der Waals surface area contributed by atoms with Crippen LogP contribution in [-0.4, -0.2) is 7.11 Å². The lowest BCUT2D eigenvalue weighted by molar-refractivity contribution is 0.300. The Hall–Kier alpha value is -1.26. The second kappa shape index (κ2) is 6.95. The summed E-state index contributed by atoms with van der Waals surface area (Å²) in [5, 5.41) is 0. The van der Waals surface area contributed by atoms with Crippen LogP contribution >= 0.6 is 27.5 Å². The Kier molecular flexibility index (Phi) is 5.26. The molecule has 0 unspecified atom stereocenters. The van der Waals surface area contributed by atoms with Gasteiger partial charge in [0.05, 0.1) is 13.0 Å². The van der Waals surface area contributed by atoms with Gasteiger partial charge in [-0.05, 0) is 29.8 Å². The molecule has 0 fully saturated rings. The standard InChI is InChI=1S/C15H13BrClFO2/c1-19-14-3-2-11(8-17)15(7-14)20-9-10-4-12(16)6-13(18)5-10/h2-7H,8-9H2,1H3. The molecular weight excluding hydrogens is 347 g/mol. The lowest BCUT2D eigenvalue weighted by Crippen LogP contribution is -1.99. The summed E-state index contributed by atoms with van der Waals surface area (Å²) >= 11 is 9.12. The largest absolute Gasteiger partial charge is 0.497 e. The normalized spacial score (nSPS) is 10.4. The predicted molar refractivity (Wildman–Crippen MR) is 81.0 cm³/mol. The highest BCUT2D eigenvalue weighted by atomic mass is 79.9. The van der Waals surface area contributed by atoms with Crippen LogP contribution in [0.3, 0.4) is 0 Å². The minimum atomic E-state index is -0.304. The zero-order valence-corrected chi connectivity index (χ0v) is 13.2.